The van der Waals surface area contributed by atoms with E-state index in [2.05, 4.69) is 0 Å². The van der Waals surface area contributed by atoms with Gasteiger partial charge in [0.15, 0.2) is 0 Å². The number of aromatic carboxylic acids is 1. The molecule has 0 aliphatic rings. The highest BCUT2D eigenvalue weighted by Crippen LogP contribution is 2.33. The Morgan fingerprint density at radius 3 is 2.14 bits per heavy atom. The molecular formula is C13H8F5NO2. The first-order valence-electron chi connectivity index (χ1n) is 5.63. The highest BCUT2D eigenvalue weighted by atomic mass is 19.4. The van der Waals surface area contributed by atoms with Gasteiger partial charge in [0.2, 0.25) is 0 Å². The van der Waals surface area contributed by atoms with Gasteiger partial charge in [-0.2, -0.15) is 13.2 Å². The molecule has 3 nitrogen and oxygen atoms in total. The first-order chi connectivity index (χ1) is 9.70. The summed E-state index contributed by atoms with van der Waals surface area (Å²) in [5.41, 5.74) is -2.79. The van der Waals surface area contributed by atoms with Gasteiger partial charge in [-0.05, 0) is 12.1 Å². The van der Waals surface area contributed by atoms with E-state index in [1.54, 1.807) is 0 Å². The minimum atomic E-state index is -4.87. The number of rotatable bonds is 3. The minimum Gasteiger partial charge on any atom is -0.478 e. The Kier molecular flexibility index (Phi) is 3.71. The Labute approximate surface area is 115 Å². The second-order valence-electron chi connectivity index (χ2n) is 4.26. The number of nitrogens with zero attached hydrogens (tertiary/aromatic N) is 1. The van der Waals surface area contributed by atoms with Crippen LogP contribution >= 0.6 is 0 Å². The lowest BCUT2D eigenvalue weighted by Crippen LogP contribution is -2.09. The Bertz CT molecular complexity index is 670. The molecule has 1 aromatic carbocycles. The fourth-order valence-corrected chi connectivity index (χ4v) is 1.86. The van der Waals surface area contributed by atoms with Crippen LogP contribution in [0.15, 0.2) is 30.6 Å². The minimum absolute atomic E-state index is 0.446. The summed E-state index contributed by atoms with van der Waals surface area (Å²) < 4.78 is 65.8. The predicted molar refractivity (Wildman–Crippen MR) is 61.9 cm³/mol. The fourth-order valence-electron chi connectivity index (χ4n) is 1.86. The van der Waals surface area contributed by atoms with E-state index >= 15 is 0 Å². The van der Waals surface area contributed by atoms with Gasteiger partial charge in [-0.1, -0.05) is 6.07 Å². The molecule has 0 aliphatic carbocycles. The zero-order chi connectivity index (χ0) is 15.8. The Morgan fingerprint density at radius 2 is 1.71 bits per heavy atom. The largest absolute Gasteiger partial charge is 0.478 e. The Balaban J connectivity index is 2.45. The highest BCUT2D eigenvalue weighted by molar-refractivity contribution is 5.89. The third kappa shape index (κ3) is 3.04. The summed E-state index contributed by atoms with van der Waals surface area (Å²) in [6, 6.07) is 3.04. The highest BCUT2D eigenvalue weighted by Gasteiger charge is 2.37. The number of carboxylic acid groups (broad SMARTS) is 1. The average molecular weight is 305 g/mol. The van der Waals surface area contributed by atoms with Gasteiger partial charge >= 0.3 is 12.1 Å². The molecule has 0 saturated carbocycles. The van der Waals surface area contributed by atoms with E-state index in [9.17, 15) is 26.7 Å². The van der Waals surface area contributed by atoms with Crippen molar-refractivity contribution in [1.82, 2.24) is 4.57 Å². The van der Waals surface area contributed by atoms with E-state index in [0.29, 0.717) is 12.4 Å². The maximum Gasteiger partial charge on any atom is 0.418 e. The van der Waals surface area contributed by atoms with E-state index in [1.165, 1.54) is 0 Å². The second kappa shape index (κ2) is 5.19. The standard InChI is InChI=1S/C13H8F5NO2/c14-10-2-1-3-11(15)8(10)5-19-4-7(12(20)21)9(6-19)13(16,17)18/h1-4,6H,5H2,(H,20,21). The van der Waals surface area contributed by atoms with Gasteiger partial charge in [0.25, 0.3) is 0 Å². The van der Waals surface area contributed by atoms with Crippen molar-refractivity contribution in [3.63, 3.8) is 0 Å². The lowest BCUT2D eigenvalue weighted by atomic mass is 10.2. The molecule has 0 amide bonds. The summed E-state index contributed by atoms with van der Waals surface area (Å²) >= 11 is 0. The van der Waals surface area contributed by atoms with Gasteiger partial charge in [0, 0.05) is 18.0 Å². The zero-order valence-corrected chi connectivity index (χ0v) is 10.3. The molecule has 0 fully saturated rings. The number of carbonyl (C=O) groups is 1. The summed E-state index contributed by atoms with van der Waals surface area (Å²) in [4.78, 5) is 10.8. The van der Waals surface area contributed by atoms with Gasteiger partial charge in [0.05, 0.1) is 17.7 Å². The lowest BCUT2D eigenvalue weighted by molar-refractivity contribution is -0.138. The summed E-state index contributed by atoms with van der Waals surface area (Å²) in [6.45, 7) is -0.547. The number of carboxylic acids is 1. The van der Waals surface area contributed by atoms with Crippen molar-refractivity contribution in [3.05, 3.63) is 58.9 Å². The Hall–Kier alpha value is -2.38. The van der Waals surface area contributed by atoms with Gasteiger partial charge in [-0.15, -0.1) is 0 Å². The number of halogens is 5. The SMILES string of the molecule is O=C(O)c1cn(Cc2c(F)cccc2F)cc1C(F)(F)F. The predicted octanol–water partition coefficient (Wildman–Crippen LogP) is 3.53. The van der Waals surface area contributed by atoms with Crippen LogP contribution in [0.3, 0.4) is 0 Å². The first-order valence-corrected chi connectivity index (χ1v) is 5.63. The molecule has 112 valence electrons. The van der Waals surface area contributed by atoms with E-state index in [0.717, 1.165) is 22.8 Å². The molecule has 2 rings (SSSR count). The van der Waals surface area contributed by atoms with Crippen LogP contribution in [0.25, 0.3) is 0 Å². The molecule has 0 unspecified atom stereocenters. The van der Waals surface area contributed by atoms with Crippen molar-refractivity contribution >= 4 is 5.97 Å². The third-order valence-corrected chi connectivity index (χ3v) is 2.82. The summed E-state index contributed by atoms with van der Waals surface area (Å²) in [6.07, 6.45) is -3.67. The molecule has 21 heavy (non-hydrogen) atoms. The maximum atomic E-state index is 13.4. The monoisotopic (exact) mass is 305 g/mol. The van der Waals surface area contributed by atoms with E-state index < -0.39 is 47.0 Å². The van der Waals surface area contributed by atoms with Crippen LogP contribution in [-0.4, -0.2) is 15.6 Å². The van der Waals surface area contributed by atoms with Crippen molar-refractivity contribution in [2.75, 3.05) is 0 Å². The number of aromatic nitrogens is 1. The maximum absolute atomic E-state index is 13.4. The van der Waals surface area contributed by atoms with Crippen LogP contribution in [0.5, 0.6) is 0 Å². The van der Waals surface area contributed by atoms with Crippen LogP contribution in [0.1, 0.15) is 21.5 Å². The quantitative estimate of drug-likeness (QED) is 0.881. The Morgan fingerprint density at radius 1 is 1.14 bits per heavy atom. The van der Waals surface area contributed by atoms with Crippen LogP contribution in [0.2, 0.25) is 0 Å². The number of hydrogen-bond donors (Lipinski definition) is 1. The summed E-state index contributed by atoms with van der Waals surface area (Å²) in [5, 5.41) is 8.76. The van der Waals surface area contributed by atoms with Crippen molar-refractivity contribution in [2.24, 2.45) is 0 Å². The zero-order valence-electron chi connectivity index (χ0n) is 10.3. The molecule has 2 aromatic rings. The molecule has 1 heterocycles. The van der Waals surface area contributed by atoms with E-state index in [4.69, 9.17) is 5.11 Å². The van der Waals surface area contributed by atoms with Gasteiger partial charge in [-0.3, -0.25) is 0 Å². The molecule has 8 heteroatoms. The van der Waals surface area contributed by atoms with Crippen molar-refractivity contribution in [2.45, 2.75) is 12.7 Å². The van der Waals surface area contributed by atoms with Crippen LogP contribution < -0.4 is 0 Å². The molecule has 0 bridgehead atoms. The smallest absolute Gasteiger partial charge is 0.418 e. The molecule has 0 radical (unpaired) electrons. The van der Waals surface area contributed by atoms with Crippen molar-refractivity contribution in [1.29, 1.82) is 0 Å². The normalized spacial score (nSPS) is 11.7. The van der Waals surface area contributed by atoms with Crippen molar-refractivity contribution in [3.8, 4) is 0 Å². The topological polar surface area (TPSA) is 42.2 Å². The molecule has 0 spiro atoms. The second-order valence-corrected chi connectivity index (χ2v) is 4.26. The molecule has 1 N–H and O–H groups in total. The first kappa shape index (κ1) is 15.0. The number of hydrogen-bond acceptors (Lipinski definition) is 1. The van der Waals surface area contributed by atoms with Crippen LogP contribution in [-0.2, 0) is 12.7 Å². The molecule has 0 saturated heterocycles. The van der Waals surface area contributed by atoms with E-state index in [1.807, 2.05) is 0 Å². The number of benzene rings is 1. The van der Waals surface area contributed by atoms with Gasteiger partial charge in [-0.25, -0.2) is 13.6 Å². The van der Waals surface area contributed by atoms with Crippen molar-refractivity contribution < 1.29 is 31.9 Å². The van der Waals surface area contributed by atoms with E-state index in [-0.39, 0.29) is 0 Å². The summed E-state index contributed by atoms with van der Waals surface area (Å²) in [7, 11) is 0. The van der Waals surface area contributed by atoms with Gasteiger partial charge < -0.3 is 9.67 Å². The molecule has 1 aromatic heterocycles. The summed E-state index contributed by atoms with van der Waals surface area (Å²) in [5.74, 6) is -3.61. The van der Waals surface area contributed by atoms with Crippen LogP contribution in [0, 0.1) is 11.6 Å². The fraction of sp³-hybridized carbons (Fsp3) is 0.154. The lowest BCUT2D eigenvalue weighted by Gasteiger charge is -2.06. The average Bonchev–Trinajstić information content (AvgIpc) is 2.78. The molecular weight excluding hydrogens is 297 g/mol. The van der Waals surface area contributed by atoms with Crippen LogP contribution in [0.4, 0.5) is 22.0 Å². The molecule has 0 aliphatic heterocycles. The third-order valence-electron chi connectivity index (χ3n) is 2.82. The van der Waals surface area contributed by atoms with Gasteiger partial charge in [0.1, 0.15) is 11.6 Å². The molecule has 0 atom stereocenters. The number of alkyl halides is 3.